The third-order valence-corrected chi connectivity index (χ3v) is 6.10. The van der Waals surface area contributed by atoms with Crippen molar-refractivity contribution in [1.82, 2.24) is 5.32 Å². The molecule has 0 amide bonds. The zero-order valence-corrected chi connectivity index (χ0v) is 15.9. The first-order valence-corrected chi connectivity index (χ1v) is 9.00. The van der Waals surface area contributed by atoms with Gasteiger partial charge in [0.1, 0.15) is 0 Å². The molecule has 0 bridgehead atoms. The van der Waals surface area contributed by atoms with Crippen molar-refractivity contribution in [3.8, 4) is 0 Å². The molecule has 1 unspecified atom stereocenters. The van der Waals surface area contributed by atoms with Crippen LogP contribution in [0.25, 0.3) is 0 Å². The summed E-state index contributed by atoms with van der Waals surface area (Å²) in [5.41, 5.74) is 1.31. The smallest absolute Gasteiger partial charge is 0.0378 e. The van der Waals surface area contributed by atoms with E-state index in [0.29, 0.717) is 6.04 Å². The van der Waals surface area contributed by atoms with Crippen molar-refractivity contribution in [2.75, 3.05) is 7.05 Å². The molecule has 5 heteroatoms. The Morgan fingerprint density at radius 3 is 2.67 bits per heavy atom. The van der Waals surface area contributed by atoms with E-state index in [1.807, 2.05) is 7.05 Å². The highest BCUT2D eigenvalue weighted by atomic mass is 127. The summed E-state index contributed by atoms with van der Waals surface area (Å²) in [7, 11) is 2.01. The minimum Gasteiger partial charge on any atom is -0.313 e. The number of nitrogens with one attached hydrogen (secondary N) is 1. The van der Waals surface area contributed by atoms with Gasteiger partial charge in [-0.3, -0.25) is 0 Å². The molecule has 2 rings (SSSR count). The standard InChI is InChI=1S/C13H12Br2INS/c1-17-12(7-13-11(15)4-5-18-13)9-6-8(16)2-3-10(9)14/h2-6,12,17H,7H2,1H3. The van der Waals surface area contributed by atoms with Gasteiger partial charge in [-0.15, -0.1) is 11.3 Å². The summed E-state index contributed by atoms with van der Waals surface area (Å²) in [6.07, 6.45) is 0.993. The molecular weight excluding hydrogens is 489 g/mol. The average Bonchev–Trinajstić information content (AvgIpc) is 2.75. The topological polar surface area (TPSA) is 12.0 Å². The summed E-state index contributed by atoms with van der Waals surface area (Å²) in [6, 6.07) is 8.89. The van der Waals surface area contributed by atoms with Gasteiger partial charge in [0.15, 0.2) is 0 Å². The molecule has 0 aliphatic carbocycles. The molecule has 1 aromatic carbocycles. The Balaban J connectivity index is 2.28. The highest BCUT2D eigenvalue weighted by Crippen LogP contribution is 2.31. The summed E-state index contributed by atoms with van der Waals surface area (Å²) >= 11 is 11.4. The van der Waals surface area contributed by atoms with Crippen LogP contribution in [0, 0.1) is 3.57 Å². The van der Waals surface area contributed by atoms with Crippen molar-refractivity contribution in [3.63, 3.8) is 0 Å². The van der Waals surface area contributed by atoms with E-state index in [0.717, 1.165) is 10.9 Å². The van der Waals surface area contributed by atoms with Crippen molar-refractivity contribution < 1.29 is 0 Å². The molecular formula is C13H12Br2INS. The van der Waals surface area contributed by atoms with Gasteiger partial charge in [0.25, 0.3) is 0 Å². The van der Waals surface area contributed by atoms with E-state index >= 15 is 0 Å². The Bertz CT molecular complexity index is 542. The van der Waals surface area contributed by atoms with Crippen molar-refractivity contribution in [1.29, 1.82) is 0 Å². The zero-order valence-electron chi connectivity index (χ0n) is 9.71. The first-order valence-electron chi connectivity index (χ1n) is 5.46. The maximum atomic E-state index is 3.64. The molecule has 0 aliphatic heterocycles. The third-order valence-electron chi connectivity index (χ3n) is 2.76. The predicted molar refractivity (Wildman–Crippen MR) is 94.4 cm³/mol. The normalized spacial score (nSPS) is 12.7. The molecule has 96 valence electrons. The van der Waals surface area contributed by atoms with Gasteiger partial charge >= 0.3 is 0 Å². The quantitative estimate of drug-likeness (QED) is 0.556. The number of rotatable bonds is 4. The predicted octanol–water partition coefficient (Wildman–Crippen LogP) is 5.38. The molecule has 0 saturated heterocycles. The van der Waals surface area contributed by atoms with Gasteiger partial charge in [-0.2, -0.15) is 0 Å². The van der Waals surface area contributed by atoms with Crippen molar-refractivity contribution in [2.24, 2.45) is 0 Å². The van der Waals surface area contributed by atoms with Crippen LogP contribution in [0.4, 0.5) is 0 Å². The highest BCUT2D eigenvalue weighted by Gasteiger charge is 2.15. The second-order valence-corrected chi connectivity index (χ2v) is 7.86. The lowest BCUT2D eigenvalue weighted by atomic mass is 10.0. The number of halogens is 3. The van der Waals surface area contributed by atoms with Gasteiger partial charge in [-0.25, -0.2) is 0 Å². The van der Waals surface area contributed by atoms with E-state index in [1.165, 1.54) is 18.5 Å². The minimum absolute atomic E-state index is 0.323. The molecule has 1 heterocycles. The summed E-state index contributed by atoms with van der Waals surface area (Å²) in [5, 5.41) is 5.53. The molecule has 1 aromatic heterocycles. The van der Waals surface area contributed by atoms with Crippen LogP contribution in [0.5, 0.6) is 0 Å². The molecule has 0 fully saturated rings. The Morgan fingerprint density at radius 2 is 2.06 bits per heavy atom. The van der Waals surface area contributed by atoms with Crippen LogP contribution in [-0.4, -0.2) is 7.05 Å². The molecule has 2 aromatic rings. The summed E-state index contributed by atoms with van der Waals surface area (Å²) in [5.74, 6) is 0. The van der Waals surface area contributed by atoms with Crippen LogP contribution in [0.15, 0.2) is 38.6 Å². The second-order valence-electron chi connectivity index (χ2n) is 3.90. The maximum Gasteiger partial charge on any atom is 0.0378 e. The summed E-state index contributed by atoms with van der Waals surface area (Å²) in [4.78, 5) is 1.38. The van der Waals surface area contributed by atoms with Crippen molar-refractivity contribution in [3.05, 3.63) is 52.6 Å². The monoisotopic (exact) mass is 499 g/mol. The van der Waals surface area contributed by atoms with E-state index in [-0.39, 0.29) is 0 Å². The summed E-state index contributed by atoms with van der Waals surface area (Å²) < 4.78 is 3.63. The van der Waals surface area contributed by atoms with E-state index in [4.69, 9.17) is 0 Å². The van der Waals surface area contributed by atoms with Gasteiger partial charge < -0.3 is 5.32 Å². The van der Waals surface area contributed by atoms with Crippen molar-refractivity contribution in [2.45, 2.75) is 12.5 Å². The molecule has 0 spiro atoms. The largest absolute Gasteiger partial charge is 0.313 e. The molecule has 1 N–H and O–H groups in total. The molecule has 18 heavy (non-hydrogen) atoms. The molecule has 0 radical (unpaired) electrons. The van der Waals surface area contributed by atoms with E-state index in [1.54, 1.807) is 11.3 Å². The lowest BCUT2D eigenvalue weighted by Gasteiger charge is -2.18. The highest BCUT2D eigenvalue weighted by molar-refractivity contribution is 14.1. The van der Waals surface area contributed by atoms with E-state index < -0.39 is 0 Å². The van der Waals surface area contributed by atoms with Crippen LogP contribution in [-0.2, 0) is 6.42 Å². The number of hydrogen-bond acceptors (Lipinski definition) is 2. The Hall–Kier alpha value is 0.570. The summed E-state index contributed by atoms with van der Waals surface area (Å²) in [6.45, 7) is 0. The van der Waals surface area contributed by atoms with Gasteiger partial charge in [-0.05, 0) is 80.8 Å². The van der Waals surface area contributed by atoms with Crippen molar-refractivity contribution >= 4 is 65.8 Å². The number of hydrogen-bond donors (Lipinski definition) is 1. The number of benzene rings is 1. The lowest BCUT2D eigenvalue weighted by Crippen LogP contribution is -2.19. The van der Waals surface area contributed by atoms with Crippen LogP contribution >= 0.6 is 65.8 Å². The molecule has 1 atom stereocenters. The molecule has 1 nitrogen and oxygen atoms in total. The first kappa shape index (κ1) is 15.0. The zero-order chi connectivity index (χ0) is 13.1. The SMILES string of the molecule is CNC(Cc1sccc1Br)c1cc(I)ccc1Br. The fourth-order valence-electron chi connectivity index (χ4n) is 1.81. The lowest BCUT2D eigenvalue weighted by molar-refractivity contribution is 0.593. The molecule has 0 aliphatic rings. The van der Waals surface area contributed by atoms with E-state index in [2.05, 4.69) is 89.4 Å². The van der Waals surface area contributed by atoms with Crippen LogP contribution in [0.2, 0.25) is 0 Å². The molecule has 0 saturated carbocycles. The van der Waals surface area contributed by atoms with Crippen LogP contribution in [0.3, 0.4) is 0 Å². The fraction of sp³-hybridized carbons (Fsp3) is 0.231. The Kier molecular flexibility index (Phi) is 5.68. The maximum absolute atomic E-state index is 3.64. The van der Waals surface area contributed by atoms with Gasteiger partial charge in [0.05, 0.1) is 0 Å². The van der Waals surface area contributed by atoms with Gasteiger partial charge in [-0.1, -0.05) is 15.9 Å². The minimum atomic E-state index is 0.323. The third kappa shape index (κ3) is 3.56. The first-order chi connectivity index (χ1) is 8.61. The van der Waals surface area contributed by atoms with Gasteiger partial charge in [0.2, 0.25) is 0 Å². The second kappa shape index (κ2) is 6.83. The number of likely N-dealkylation sites (N-methyl/N-ethyl adjacent to an activating group) is 1. The number of thiophene rings is 1. The average molecular weight is 501 g/mol. The van der Waals surface area contributed by atoms with Gasteiger partial charge in [0, 0.05) is 29.9 Å². The Labute approximate surface area is 142 Å². The Morgan fingerprint density at radius 1 is 1.28 bits per heavy atom. The van der Waals surface area contributed by atoms with Crippen LogP contribution < -0.4 is 5.32 Å². The van der Waals surface area contributed by atoms with E-state index in [9.17, 15) is 0 Å². The fourth-order valence-corrected chi connectivity index (χ4v) is 4.40. The van der Waals surface area contributed by atoms with Crippen LogP contribution in [0.1, 0.15) is 16.5 Å².